The molecule has 0 bridgehead atoms. The quantitative estimate of drug-likeness (QED) is 0.830. The van der Waals surface area contributed by atoms with Crippen LogP contribution >= 0.6 is 0 Å². The molecular weight excluding hydrogens is 355 g/mol. The molecule has 0 saturated heterocycles. The molecule has 0 radical (unpaired) electrons. The van der Waals surface area contributed by atoms with E-state index in [1.165, 1.54) is 23.3 Å². The molecule has 0 atom stereocenters. The van der Waals surface area contributed by atoms with Crippen LogP contribution in [0.25, 0.3) is 0 Å². The second kappa shape index (κ2) is 8.17. The molecule has 0 aliphatic heterocycles. The predicted molar refractivity (Wildman–Crippen MR) is 95.3 cm³/mol. The van der Waals surface area contributed by atoms with Gasteiger partial charge < -0.3 is 10.1 Å². The lowest BCUT2D eigenvalue weighted by Crippen LogP contribution is -2.29. The lowest BCUT2D eigenvalue weighted by Gasteiger charge is -2.07. The van der Waals surface area contributed by atoms with Crippen molar-refractivity contribution in [2.45, 2.75) is 25.4 Å². The van der Waals surface area contributed by atoms with Gasteiger partial charge in [0.2, 0.25) is 0 Å². The van der Waals surface area contributed by atoms with E-state index in [-0.39, 0.29) is 24.6 Å². The first kappa shape index (κ1) is 18.8. The van der Waals surface area contributed by atoms with Gasteiger partial charge in [-0.3, -0.25) is 4.79 Å². The van der Waals surface area contributed by atoms with Gasteiger partial charge in [0.25, 0.3) is 5.91 Å². The maximum Gasteiger partial charge on any atom is 0.416 e. The van der Waals surface area contributed by atoms with E-state index >= 15 is 0 Å². The Kier molecular flexibility index (Phi) is 5.70. The van der Waals surface area contributed by atoms with Crippen molar-refractivity contribution in [3.63, 3.8) is 0 Å². The molecule has 3 nitrogen and oxygen atoms in total. The highest BCUT2D eigenvalue weighted by atomic mass is 19.4. The van der Waals surface area contributed by atoms with Crippen molar-refractivity contribution in [1.82, 2.24) is 5.32 Å². The van der Waals surface area contributed by atoms with Gasteiger partial charge in [0.05, 0.1) is 12.1 Å². The summed E-state index contributed by atoms with van der Waals surface area (Å²) in [6, 6.07) is 10.6. The van der Waals surface area contributed by atoms with Crippen molar-refractivity contribution < 1.29 is 22.7 Å². The van der Waals surface area contributed by atoms with E-state index in [9.17, 15) is 18.0 Å². The van der Waals surface area contributed by atoms with E-state index in [2.05, 4.69) is 17.2 Å². The lowest BCUT2D eigenvalue weighted by molar-refractivity contribution is -0.137. The van der Waals surface area contributed by atoms with Crippen LogP contribution in [-0.4, -0.2) is 19.1 Å². The largest absolute Gasteiger partial charge is 0.484 e. The summed E-state index contributed by atoms with van der Waals surface area (Å²) in [5.41, 5.74) is 2.09. The summed E-state index contributed by atoms with van der Waals surface area (Å²) in [5.74, 6) is 5.56. The molecule has 1 amide bonds. The van der Waals surface area contributed by atoms with Crippen LogP contribution in [0.15, 0.2) is 42.5 Å². The molecule has 0 aromatic heterocycles. The lowest BCUT2D eigenvalue weighted by atomic mass is 10.1. The molecule has 140 valence electrons. The Bertz CT molecular complexity index is 894. The van der Waals surface area contributed by atoms with Crippen LogP contribution in [0.2, 0.25) is 0 Å². The molecule has 1 aliphatic carbocycles. The average molecular weight is 373 g/mol. The molecular formula is C21H18F3NO2. The number of benzene rings is 2. The predicted octanol–water partition coefficient (Wildman–Crippen LogP) is 3.74. The van der Waals surface area contributed by atoms with Gasteiger partial charge in [-0.15, -0.1) is 0 Å². The number of rotatable bonds is 4. The molecule has 0 heterocycles. The number of hydrogen-bond donors (Lipinski definition) is 1. The first-order chi connectivity index (χ1) is 12.9. The summed E-state index contributed by atoms with van der Waals surface area (Å²) in [5, 5.41) is 2.56. The van der Waals surface area contributed by atoms with Crippen LogP contribution in [0.4, 0.5) is 13.2 Å². The minimum Gasteiger partial charge on any atom is -0.484 e. The average Bonchev–Trinajstić information content (AvgIpc) is 3.11. The Morgan fingerprint density at radius 2 is 1.93 bits per heavy atom. The zero-order valence-electron chi connectivity index (χ0n) is 14.5. The highest BCUT2D eigenvalue weighted by Gasteiger charge is 2.30. The molecule has 0 fully saturated rings. The fraction of sp³-hybridized carbons (Fsp3) is 0.286. The SMILES string of the molecule is O=C(COc1ccc2c(c1)CCC2)NCC#Cc1cccc(C(F)(F)F)c1. The first-order valence-electron chi connectivity index (χ1n) is 8.59. The Morgan fingerprint density at radius 1 is 1.11 bits per heavy atom. The zero-order chi connectivity index (χ0) is 19.3. The van der Waals surface area contributed by atoms with Gasteiger partial charge in [0, 0.05) is 5.56 Å². The van der Waals surface area contributed by atoms with Crippen LogP contribution in [0, 0.1) is 11.8 Å². The third-order valence-electron chi connectivity index (χ3n) is 4.24. The number of carbonyl (C=O) groups is 1. The molecule has 2 aromatic carbocycles. The highest BCUT2D eigenvalue weighted by molar-refractivity contribution is 5.77. The van der Waals surface area contributed by atoms with E-state index < -0.39 is 11.7 Å². The summed E-state index contributed by atoms with van der Waals surface area (Å²) < 4.78 is 43.4. The Balaban J connectivity index is 1.46. The Hall–Kier alpha value is -2.94. The minimum absolute atomic E-state index is 0.0304. The third kappa shape index (κ3) is 5.27. The van der Waals surface area contributed by atoms with Gasteiger partial charge in [0.1, 0.15) is 5.75 Å². The number of ether oxygens (including phenoxy) is 1. The summed E-state index contributed by atoms with van der Waals surface area (Å²) in [4.78, 5) is 11.8. The first-order valence-corrected chi connectivity index (χ1v) is 8.59. The molecule has 6 heteroatoms. The van der Waals surface area contributed by atoms with Gasteiger partial charge in [0.15, 0.2) is 6.61 Å². The molecule has 0 saturated carbocycles. The normalized spacial score (nSPS) is 12.7. The minimum atomic E-state index is -4.40. The van der Waals surface area contributed by atoms with E-state index in [1.807, 2.05) is 18.2 Å². The summed E-state index contributed by atoms with van der Waals surface area (Å²) in [6.07, 6.45) is -1.14. The smallest absolute Gasteiger partial charge is 0.416 e. The van der Waals surface area contributed by atoms with Crippen LogP contribution in [0.3, 0.4) is 0 Å². The number of carbonyl (C=O) groups excluding carboxylic acids is 1. The number of fused-ring (bicyclic) bond motifs is 1. The summed E-state index contributed by atoms with van der Waals surface area (Å²) >= 11 is 0. The van der Waals surface area contributed by atoms with Crippen molar-refractivity contribution in [1.29, 1.82) is 0 Å². The van der Waals surface area contributed by atoms with Gasteiger partial charge in [-0.05, 0) is 60.7 Å². The molecule has 3 rings (SSSR count). The topological polar surface area (TPSA) is 38.3 Å². The number of hydrogen-bond acceptors (Lipinski definition) is 2. The van der Waals surface area contributed by atoms with Gasteiger partial charge in [-0.25, -0.2) is 0 Å². The second-order valence-electron chi connectivity index (χ2n) is 6.23. The maximum absolute atomic E-state index is 12.6. The van der Waals surface area contributed by atoms with Crippen LogP contribution < -0.4 is 10.1 Å². The fourth-order valence-electron chi connectivity index (χ4n) is 2.90. The number of halogens is 3. The molecule has 0 unspecified atom stereocenters. The van der Waals surface area contributed by atoms with Crippen molar-refractivity contribution in [3.8, 4) is 17.6 Å². The molecule has 27 heavy (non-hydrogen) atoms. The number of nitrogens with one attached hydrogen (secondary N) is 1. The fourth-order valence-corrected chi connectivity index (χ4v) is 2.90. The second-order valence-corrected chi connectivity index (χ2v) is 6.23. The third-order valence-corrected chi connectivity index (χ3v) is 4.24. The maximum atomic E-state index is 12.6. The van der Waals surface area contributed by atoms with Crippen molar-refractivity contribution in [2.75, 3.05) is 13.2 Å². The monoisotopic (exact) mass is 373 g/mol. The molecule has 1 aliphatic rings. The highest BCUT2D eigenvalue weighted by Crippen LogP contribution is 2.29. The standard InChI is InChI=1S/C21H18F3NO2/c22-21(23,24)18-8-1-4-15(12-18)5-3-11-25-20(26)14-27-19-10-9-16-6-2-7-17(16)13-19/h1,4,8-10,12-13H,2,6-7,11,14H2,(H,25,26). The van der Waals surface area contributed by atoms with Gasteiger partial charge >= 0.3 is 6.18 Å². The van der Waals surface area contributed by atoms with Crippen molar-refractivity contribution in [2.24, 2.45) is 0 Å². The Labute approximate surface area is 155 Å². The molecule has 2 aromatic rings. The van der Waals surface area contributed by atoms with Gasteiger partial charge in [-0.1, -0.05) is 24.0 Å². The molecule has 1 N–H and O–H groups in total. The molecule has 0 spiro atoms. The van der Waals surface area contributed by atoms with E-state index in [0.29, 0.717) is 5.75 Å². The number of alkyl halides is 3. The number of amides is 1. The van der Waals surface area contributed by atoms with Crippen LogP contribution in [0.1, 0.15) is 28.7 Å². The Morgan fingerprint density at radius 3 is 2.74 bits per heavy atom. The van der Waals surface area contributed by atoms with Gasteiger partial charge in [-0.2, -0.15) is 13.2 Å². The van der Waals surface area contributed by atoms with E-state index in [0.717, 1.165) is 31.4 Å². The van der Waals surface area contributed by atoms with E-state index in [4.69, 9.17) is 4.74 Å². The van der Waals surface area contributed by atoms with Crippen LogP contribution in [-0.2, 0) is 23.8 Å². The van der Waals surface area contributed by atoms with Crippen molar-refractivity contribution in [3.05, 3.63) is 64.7 Å². The number of aryl methyl sites for hydroxylation is 2. The summed E-state index contributed by atoms with van der Waals surface area (Å²) in [6.45, 7) is -0.105. The van der Waals surface area contributed by atoms with Crippen molar-refractivity contribution >= 4 is 5.91 Å². The van der Waals surface area contributed by atoms with Crippen LogP contribution in [0.5, 0.6) is 5.75 Å². The van der Waals surface area contributed by atoms with E-state index in [1.54, 1.807) is 0 Å². The summed E-state index contributed by atoms with van der Waals surface area (Å²) in [7, 11) is 0. The zero-order valence-corrected chi connectivity index (χ0v) is 14.5.